The quantitative estimate of drug-likeness (QED) is 0.661. The maximum Gasteiger partial charge on any atom is 0.254 e. The molecule has 164 valence electrons. The topological polar surface area (TPSA) is 93.5 Å². The lowest BCUT2D eigenvalue weighted by Crippen LogP contribution is -2.36. The van der Waals surface area contributed by atoms with Gasteiger partial charge in [0.2, 0.25) is 10.0 Å². The van der Waals surface area contributed by atoms with Gasteiger partial charge in [0.15, 0.2) is 0 Å². The Balaban J connectivity index is 1.81. The van der Waals surface area contributed by atoms with E-state index in [2.05, 4.69) is 9.82 Å². The highest BCUT2D eigenvalue weighted by Gasteiger charge is 2.25. The Morgan fingerprint density at radius 2 is 2.20 bits per heavy atom. The average Bonchev–Trinajstić information content (AvgIpc) is 3.35. The normalized spacial score (nSPS) is 16.9. The Morgan fingerprint density at radius 3 is 2.80 bits per heavy atom. The molecule has 1 N–H and O–H groups in total. The number of rotatable bonds is 8. The van der Waals surface area contributed by atoms with E-state index in [9.17, 15) is 13.2 Å². The highest BCUT2D eigenvalue weighted by molar-refractivity contribution is 7.89. The predicted molar refractivity (Wildman–Crippen MR) is 114 cm³/mol. The fraction of sp³-hybridized carbons (Fsp3) is 0.500. The number of amides is 1. The fourth-order valence-electron chi connectivity index (χ4n) is 3.33. The maximum absolute atomic E-state index is 13.2. The lowest BCUT2D eigenvalue weighted by Gasteiger charge is -2.26. The molecule has 1 aliphatic heterocycles. The second kappa shape index (κ2) is 9.47. The van der Waals surface area contributed by atoms with Crippen LogP contribution in [0.4, 0.5) is 0 Å². The van der Waals surface area contributed by atoms with E-state index in [0.717, 1.165) is 18.4 Å². The van der Waals surface area contributed by atoms with E-state index < -0.39 is 10.0 Å². The molecule has 1 atom stereocenters. The number of hydrogen-bond donors (Lipinski definition) is 1. The number of carbonyl (C=O) groups is 1. The van der Waals surface area contributed by atoms with Gasteiger partial charge >= 0.3 is 0 Å². The molecule has 0 aliphatic carbocycles. The van der Waals surface area contributed by atoms with Crippen LogP contribution in [0.2, 0.25) is 5.02 Å². The molecule has 8 nitrogen and oxygen atoms in total. The summed E-state index contributed by atoms with van der Waals surface area (Å²) in [4.78, 5) is 14.7. The molecule has 3 rings (SSSR count). The van der Waals surface area contributed by atoms with Crippen LogP contribution in [0.1, 0.15) is 42.6 Å². The summed E-state index contributed by atoms with van der Waals surface area (Å²) in [5.74, 6) is -0.277. The monoisotopic (exact) mass is 454 g/mol. The third-order valence-electron chi connectivity index (χ3n) is 4.99. The van der Waals surface area contributed by atoms with E-state index in [-0.39, 0.29) is 40.1 Å². The van der Waals surface area contributed by atoms with E-state index in [1.807, 2.05) is 27.1 Å². The van der Waals surface area contributed by atoms with Gasteiger partial charge in [-0.3, -0.25) is 9.48 Å². The number of benzene rings is 1. The smallest absolute Gasteiger partial charge is 0.254 e. The molecule has 0 saturated carbocycles. The first-order valence-electron chi connectivity index (χ1n) is 9.86. The first kappa shape index (κ1) is 22.7. The predicted octanol–water partition coefficient (Wildman–Crippen LogP) is 2.58. The molecule has 1 unspecified atom stereocenters. The molecule has 1 aliphatic rings. The van der Waals surface area contributed by atoms with Crippen molar-refractivity contribution in [1.29, 1.82) is 0 Å². The number of carbonyl (C=O) groups excluding carboxylic acids is 1. The summed E-state index contributed by atoms with van der Waals surface area (Å²) in [6.45, 7) is 5.00. The Morgan fingerprint density at radius 1 is 1.43 bits per heavy atom. The first-order valence-corrected chi connectivity index (χ1v) is 11.7. The van der Waals surface area contributed by atoms with Gasteiger partial charge in [0.25, 0.3) is 5.91 Å². The molecule has 10 heteroatoms. The number of ether oxygens (including phenoxy) is 1. The molecule has 1 amide bonds. The molecule has 1 fully saturated rings. The van der Waals surface area contributed by atoms with Crippen molar-refractivity contribution in [3.05, 3.63) is 46.7 Å². The van der Waals surface area contributed by atoms with Crippen molar-refractivity contribution in [2.45, 2.75) is 50.3 Å². The van der Waals surface area contributed by atoms with Crippen LogP contribution < -0.4 is 4.72 Å². The van der Waals surface area contributed by atoms with Gasteiger partial charge in [0.05, 0.1) is 17.3 Å². The van der Waals surface area contributed by atoms with Crippen LogP contribution in [-0.2, 0) is 28.4 Å². The van der Waals surface area contributed by atoms with Crippen molar-refractivity contribution in [2.24, 2.45) is 7.05 Å². The molecule has 0 spiro atoms. The van der Waals surface area contributed by atoms with Crippen molar-refractivity contribution >= 4 is 27.5 Å². The number of sulfonamides is 1. The average molecular weight is 455 g/mol. The number of aromatic nitrogens is 2. The highest BCUT2D eigenvalue weighted by Crippen LogP contribution is 2.24. The van der Waals surface area contributed by atoms with E-state index >= 15 is 0 Å². The van der Waals surface area contributed by atoms with Crippen LogP contribution >= 0.6 is 11.6 Å². The maximum atomic E-state index is 13.2. The minimum atomic E-state index is -3.88. The van der Waals surface area contributed by atoms with E-state index in [1.165, 1.54) is 12.1 Å². The van der Waals surface area contributed by atoms with Crippen molar-refractivity contribution in [3.63, 3.8) is 0 Å². The van der Waals surface area contributed by atoms with Crippen molar-refractivity contribution in [1.82, 2.24) is 19.4 Å². The Kier molecular flexibility index (Phi) is 7.18. The summed E-state index contributed by atoms with van der Waals surface area (Å²) in [7, 11) is -2.07. The lowest BCUT2D eigenvalue weighted by molar-refractivity contribution is 0.0690. The van der Waals surface area contributed by atoms with Crippen LogP contribution in [0.3, 0.4) is 0 Å². The van der Waals surface area contributed by atoms with Gasteiger partial charge in [-0.05, 0) is 44.9 Å². The summed E-state index contributed by atoms with van der Waals surface area (Å²) in [5.41, 5.74) is 1.15. The molecule has 0 bridgehead atoms. The summed E-state index contributed by atoms with van der Waals surface area (Å²) in [5, 5.41) is 4.20. The first-order chi connectivity index (χ1) is 14.2. The van der Waals surface area contributed by atoms with Gasteiger partial charge in [-0.1, -0.05) is 11.6 Å². The Bertz CT molecular complexity index is 1000. The second-order valence-electron chi connectivity index (χ2n) is 7.68. The molecule has 1 aromatic heterocycles. The van der Waals surface area contributed by atoms with Gasteiger partial charge in [0.1, 0.15) is 4.90 Å². The van der Waals surface area contributed by atoms with E-state index in [0.29, 0.717) is 13.2 Å². The summed E-state index contributed by atoms with van der Waals surface area (Å²) in [6, 6.07) is 4.23. The zero-order chi connectivity index (χ0) is 21.9. The van der Waals surface area contributed by atoms with Crippen LogP contribution in [0, 0.1) is 0 Å². The Labute approximate surface area is 182 Å². The summed E-state index contributed by atoms with van der Waals surface area (Å²) >= 11 is 6.17. The second-order valence-corrected chi connectivity index (χ2v) is 9.82. The summed E-state index contributed by atoms with van der Waals surface area (Å²) < 4.78 is 35.3. The SMILES string of the molecule is CC(C)N(Cc1cnn(C)c1)C(=O)c1ccc(Cl)c(S(=O)(=O)NCC2CCCO2)c1. The van der Waals surface area contributed by atoms with Gasteiger partial charge in [-0.2, -0.15) is 5.10 Å². The number of nitrogens with one attached hydrogen (secondary N) is 1. The number of nitrogens with zero attached hydrogens (tertiary/aromatic N) is 3. The molecule has 1 saturated heterocycles. The minimum absolute atomic E-state index is 0.0646. The van der Waals surface area contributed by atoms with Crippen LogP contribution in [0.25, 0.3) is 0 Å². The van der Waals surface area contributed by atoms with Gasteiger partial charge in [-0.25, -0.2) is 13.1 Å². The largest absolute Gasteiger partial charge is 0.377 e. The number of halogens is 1. The molecule has 1 aromatic carbocycles. The van der Waals surface area contributed by atoms with Crippen LogP contribution in [-0.4, -0.2) is 54.3 Å². The molecular formula is C20H27ClN4O4S. The van der Waals surface area contributed by atoms with Crippen molar-refractivity contribution in [2.75, 3.05) is 13.2 Å². The standard InChI is InChI=1S/C20H27ClN4O4S/c1-14(2)25(13-15-10-22-24(3)12-15)20(26)16-6-7-18(21)19(9-16)30(27,28)23-11-17-5-4-8-29-17/h6-7,9-10,12,14,17,23H,4-5,8,11,13H2,1-3H3. The zero-order valence-electron chi connectivity index (χ0n) is 17.3. The Hall–Kier alpha value is -1.94. The third-order valence-corrected chi connectivity index (χ3v) is 6.89. The van der Waals surface area contributed by atoms with Crippen LogP contribution in [0.5, 0.6) is 0 Å². The number of hydrogen-bond acceptors (Lipinski definition) is 5. The summed E-state index contributed by atoms with van der Waals surface area (Å²) in [6.07, 6.45) is 5.13. The van der Waals surface area contributed by atoms with Gasteiger partial charge < -0.3 is 9.64 Å². The van der Waals surface area contributed by atoms with Crippen LogP contribution in [0.15, 0.2) is 35.5 Å². The van der Waals surface area contributed by atoms with Gasteiger partial charge in [0, 0.05) is 50.1 Å². The lowest BCUT2D eigenvalue weighted by atomic mass is 10.1. The molecule has 2 aromatic rings. The van der Waals surface area contributed by atoms with Crippen molar-refractivity contribution in [3.8, 4) is 0 Å². The molecule has 30 heavy (non-hydrogen) atoms. The minimum Gasteiger partial charge on any atom is -0.377 e. The third kappa shape index (κ3) is 5.40. The molecular weight excluding hydrogens is 428 g/mol. The zero-order valence-corrected chi connectivity index (χ0v) is 18.9. The van der Waals surface area contributed by atoms with Gasteiger partial charge in [-0.15, -0.1) is 0 Å². The van der Waals surface area contributed by atoms with Crippen molar-refractivity contribution < 1.29 is 17.9 Å². The molecule has 0 radical (unpaired) electrons. The highest BCUT2D eigenvalue weighted by atomic mass is 35.5. The fourth-order valence-corrected chi connectivity index (χ4v) is 4.92. The van der Waals surface area contributed by atoms with E-state index in [4.69, 9.17) is 16.3 Å². The molecule has 2 heterocycles. The van der Waals surface area contributed by atoms with E-state index in [1.54, 1.807) is 21.8 Å². The number of aryl methyl sites for hydroxylation is 1.